The monoisotopic (exact) mass is 212 g/mol. The predicted molar refractivity (Wildman–Crippen MR) is 53.7 cm³/mol. The van der Waals surface area contributed by atoms with Crippen LogP contribution >= 0.6 is 0 Å². The quantitative estimate of drug-likeness (QED) is 0.720. The molecule has 0 bridgehead atoms. The lowest BCUT2D eigenvalue weighted by atomic mass is 10.1. The lowest BCUT2D eigenvalue weighted by Gasteiger charge is -2.08. The van der Waals surface area contributed by atoms with E-state index in [1.807, 2.05) is 0 Å². The molecule has 0 unspecified atom stereocenters. The molecule has 0 spiro atoms. The minimum absolute atomic E-state index is 0.0892. The van der Waals surface area contributed by atoms with Crippen molar-refractivity contribution in [1.82, 2.24) is 0 Å². The van der Waals surface area contributed by atoms with Gasteiger partial charge in [0.1, 0.15) is 11.6 Å². The molecule has 15 heavy (non-hydrogen) atoms. The lowest BCUT2D eigenvalue weighted by Crippen LogP contribution is -2.07. The van der Waals surface area contributed by atoms with E-state index in [0.29, 0.717) is 17.7 Å². The second-order valence-corrected chi connectivity index (χ2v) is 2.99. The van der Waals surface area contributed by atoms with Gasteiger partial charge in [-0.25, -0.2) is 9.18 Å². The van der Waals surface area contributed by atoms with Crippen LogP contribution in [0.25, 0.3) is 0 Å². The number of benzene rings is 1. The Labute approximate surface area is 87.8 Å². The van der Waals surface area contributed by atoms with Gasteiger partial charge in [0, 0.05) is 0 Å². The molecule has 1 aromatic carbocycles. The number of esters is 1. The Kier molecular flexibility index (Phi) is 3.66. The minimum atomic E-state index is -0.693. The maximum absolute atomic E-state index is 13.7. The fourth-order valence-corrected chi connectivity index (χ4v) is 1.29. The second-order valence-electron chi connectivity index (χ2n) is 2.99. The van der Waals surface area contributed by atoms with Crippen LogP contribution in [0.5, 0.6) is 5.75 Å². The summed E-state index contributed by atoms with van der Waals surface area (Å²) < 4.78 is 23.1. The number of rotatable bonds is 3. The maximum Gasteiger partial charge on any atom is 0.340 e. The number of halogens is 1. The summed E-state index contributed by atoms with van der Waals surface area (Å²) in [6, 6.07) is 2.90. The van der Waals surface area contributed by atoms with Crippen molar-refractivity contribution in [2.24, 2.45) is 0 Å². The molecule has 0 aliphatic rings. The van der Waals surface area contributed by atoms with Gasteiger partial charge in [0.15, 0.2) is 0 Å². The molecule has 0 atom stereocenters. The van der Waals surface area contributed by atoms with E-state index in [-0.39, 0.29) is 5.56 Å². The summed E-state index contributed by atoms with van der Waals surface area (Å²) in [5.74, 6) is -0.778. The number of carbonyl (C=O) groups is 1. The maximum atomic E-state index is 13.7. The topological polar surface area (TPSA) is 35.5 Å². The van der Waals surface area contributed by atoms with E-state index in [1.165, 1.54) is 20.3 Å². The first-order valence-corrected chi connectivity index (χ1v) is 4.58. The fourth-order valence-electron chi connectivity index (χ4n) is 1.29. The Bertz CT molecular complexity index is 374. The van der Waals surface area contributed by atoms with Crippen LogP contribution in [0.15, 0.2) is 12.1 Å². The van der Waals surface area contributed by atoms with Gasteiger partial charge < -0.3 is 9.47 Å². The van der Waals surface area contributed by atoms with Crippen LogP contribution in [0.4, 0.5) is 4.39 Å². The van der Waals surface area contributed by atoms with Crippen molar-refractivity contribution >= 4 is 5.97 Å². The zero-order valence-electron chi connectivity index (χ0n) is 8.96. The van der Waals surface area contributed by atoms with Crippen LogP contribution < -0.4 is 4.74 Å². The van der Waals surface area contributed by atoms with Gasteiger partial charge in [-0.2, -0.15) is 0 Å². The van der Waals surface area contributed by atoms with Crippen molar-refractivity contribution in [1.29, 1.82) is 0 Å². The lowest BCUT2D eigenvalue weighted by molar-refractivity contribution is 0.0595. The Hall–Kier alpha value is -1.58. The molecule has 0 amide bonds. The molecule has 0 aliphatic heterocycles. The Morgan fingerprint density at radius 1 is 1.40 bits per heavy atom. The van der Waals surface area contributed by atoms with Crippen LogP contribution in [0.1, 0.15) is 22.8 Å². The van der Waals surface area contributed by atoms with E-state index in [9.17, 15) is 9.18 Å². The minimum Gasteiger partial charge on any atom is -0.497 e. The van der Waals surface area contributed by atoms with Gasteiger partial charge in [-0.05, 0) is 24.1 Å². The highest BCUT2D eigenvalue weighted by Gasteiger charge is 2.16. The molecular formula is C11H13FO3. The molecule has 0 aliphatic carbocycles. The Balaban J connectivity index is 3.30. The Morgan fingerprint density at radius 3 is 2.53 bits per heavy atom. The number of hydrogen-bond donors (Lipinski definition) is 0. The summed E-state index contributed by atoms with van der Waals surface area (Å²) >= 11 is 0. The van der Waals surface area contributed by atoms with Crippen molar-refractivity contribution in [2.75, 3.05) is 14.2 Å². The third-order valence-corrected chi connectivity index (χ3v) is 2.14. The fraction of sp³-hybridized carbons (Fsp3) is 0.364. The third kappa shape index (κ3) is 2.26. The van der Waals surface area contributed by atoms with Crippen molar-refractivity contribution in [3.05, 3.63) is 29.1 Å². The van der Waals surface area contributed by atoms with E-state index in [1.54, 1.807) is 13.0 Å². The summed E-state index contributed by atoms with van der Waals surface area (Å²) in [4.78, 5) is 11.3. The highest BCUT2D eigenvalue weighted by atomic mass is 19.1. The number of carbonyl (C=O) groups excluding carboxylic acids is 1. The molecule has 0 saturated heterocycles. The molecule has 0 radical (unpaired) electrons. The van der Waals surface area contributed by atoms with E-state index in [0.717, 1.165) is 0 Å². The second kappa shape index (κ2) is 4.77. The summed E-state index contributed by atoms with van der Waals surface area (Å²) in [5.41, 5.74) is 0.350. The highest BCUT2D eigenvalue weighted by molar-refractivity contribution is 5.90. The zero-order valence-corrected chi connectivity index (χ0v) is 8.96. The van der Waals surface area contributed by atoms with Crippen LogP contribution in [-0.2, 0) is 11.2 Å². The summed E-state index contributed by atoms with van der Waals surface area (Å²) in [6.45, 7) is 1.80. The van der Waals surface area contributed by atoms with Gasteiger partial charge in [0.05, 0.1) is 19.8 Å². The normalized spacial score (nSPS) is 9.87. The van der Waals surface area contributed by atoms with Gasteiger partial charge >= 0.3 is 5.97 Å². The first-order chi connectivity index (χ1) is 7.13. The first-order valence-electron chi connectivity index (χ1n) is 4.58. The van der Waals surface area contributed by atoms with Crippen molar-refractivity contribution in [3.8, 4) is 5.75 Å². The van der Waals surface area contributed by atoms with Crippen LogP contribution in [0.3, 0.4) is 0 Å². The van der Waals surface area contributed by atoms with Crippen LogP contribution in [0, 0.1) is 5.82 Å². The summed E-state index contributed by atoms with van der Waals surface area (Å²) in [6.07, 6.45) is 0.493. The van der Waals surface area contributed by atoms with E-state index in [2.05, 4.69) is 4.74 Å². The molecule has 4 heteroatoms. The highest BCUT2D eigenvalue weighted by Crippen LogP contribution is 2.22. The third-order valence-electron chi connectivity index (χ3n) is 2.14. The molecule has 0 saturated carbocycles. The van der Waals surface area contributed by atoms with Crippen molar-refractivity contribution in [2.45, 2.75) is 13.3 Å². The van der Waals surface area contributed by atoms with Crippen molar-refractivity contribution in [3.63, 3.8) is 0 Å². The van der Waals surface area contributed by atoms with Crippen molar-refractivity contribution < 1.29 is 18.7 Å². The van der Waals surface area contributed by atoms with Gasteiger partial charge in [0.25, 0.3) is 0 Å². The average Bonchev–Trinajstić information content (AvgIpc) is 2.28. The summed E-state index contributed by atoms with van der Waals surface area (Å²) in [5, 5.41) is 0. The molecular weight excluding hydrogens is 199 g/mol. The molecule has 1 aromatic rings. The standard InChI is InChI=1S/C11H13FO3/c1-4-7-5-8(14-2)6-9(10(7)12)11(13)15-3/h5-6H,4H2,1-3H3. The van der Waals surface area contributed by atoms with E-state index in [4.69, 9.17) is 4.74 Å². The number of aryl methyl sites for hydroxylation is 1. The Morgan fingerprint density at radius 2 is 2.07 bits per heavy atom. The SMILES string of the molecule is CCc1cc(OC)cc(C(=O)OC)c1F. The van der Waals surface area contributed by atoms with Gasteiger partial charge in [-0.15, -0.1) is 0 Å². The largest absolute Gasteiger partial charge is 0.497 e. The molecule has 0 aromatic heterocycles. The molecule has 82 valence electrons. The summed E-state index contributed by atoms with van der Waals surface area (Å²) in [7, 11) is 2.68. The molecule has 3 nitrogen and oxygen atoms in total. The van der Waals surface area contributed by atoms with Gasteiger partial charge in [-0.1, -0.05) is 6.92 Å². The predicted octanol–water partition coefficient (Wildman–Crippen LogP) is 2.18. The van der Waals surface area contributed by atoms with Crippen LogP contribution in [0.2, 0.25) is 0 Å². The molecule has 1 rings (SSSR count). The average molecular weight is 212 g/mol. The van der Waals surface area contributed by atoms with Gasteiger partial charge in [0.2, 0.25) is 0 Å². The van der Waals surface area contributed by atoms with E-state index < -0.39 is 11.8 Å². The number of methoxy groups -OCH3 is 2. The number of ether oxygens (including phenoxy) is 2. The molecule has 0 heterocycles. The smallest absolute Gasteiger partial charge is 0.340 e. The van der Waals surface area contributed by atoms with Gasteiger partial charge in [-0.3, -0.25) is 0 Å². The first kappa shape index (κ1) is 11.5. The number of hydrogen-bond acceptors (Lipinski definition) is 3. The van der Waals surface area contributed by atoms with E-state index >= 15 is 0 Å². The molecule has 0 fully saturated rings. The molecule has 0 N–H and O–H groups in total. The zero-order chi connectivity index (χ0) is 11.4. The van der Waals surface area contributed by atoms with Crippen LogP contribution in [-0.4, -0.2) is 20.2 Å².